The van der Waals surface area contributed by atoms with Crippen LogP contribution in [0.4, 0.5) is 0 Å². The topological polar surface area (TPSA) is 141 Å². The molecule has 3 aromatic carbocycles. The summed E-state index contributed by atoms with van der Waals surface area (Å²) < 4.78 is 26.7. The fourth-order valence-electron chi connectivity index (χ4n) is 4.47. The molecule has 0 saturated carbocycles. The number of rotatable bonds is 19. The number of hydrogen-bond acceptors (Lipinski definition) is 6. The molecule has 3 rings (SSSR count). The average molecular weight is 601 g/mol. The third kappa shape index (κ3) is 14.1. The molecule has 0 aliphatic rings. The van der Waals surface area contributed by atoms with E-state index >= 15 is 0 Å². The molecule has 0 heterocycles. The molecule has 0 unspecified atom stereocenters. The van der Waals surface area contributed by atoms with Gasteiger partial charge in [0.15, 0.2) is 0 Å². The number of unbranched alkanes of at least 4 members (excludes halogenated alkanes) is 3. The van der Waals surface area contributed by atoms with Crippen molar-refractivity contribution in [3.8, 4) is 11.5 Å². The molecule has 0 atom stereocenters. The zero-order chi connectivity index (χ0) is 29.3. The molecule has 0 radical (unpaired) electrons. The molecule has 3 aromatic rings. The summed E-state index contributed by atoms with van der Waals surface area (Å²) in [6, 6.07) is 26.0. The van der Waals surface area contributed by atoms with Gasteiger partial charge in [0.25, 0.3) is 0 Å². The molecule has 0 spiro atoms. The minimum atomic E-state index is -4.59. The highest BCUT2D eigenvalue weighted by atomic mass is 31.2. The molecule has 9 nitrogen and oxygen atoms in total. The van der Waals surface area contributed by atoms with Crippen molar-refractivity contribution in [2.75, 3.05) is 26.9 Å². The Kier molecular flexibility index (Phi) is 15.9. The average Bonchev–Trinajstić information content (AvgIpc) is 2.97. The zero-order valence-electron chi connectivity index (χ0n) is 24.5. The van der Waals surface area contributed by atoms with Gasteiger partial charge in [0.2, 0.25) is 5.91 Å². The van der Waals surface area contributed by atoms with E-state index in [1.165, 1.54) is 11.1 Å². The number of carbonyl (C=O) groups is 1. The normalized spacial score (nSPS) is 11.0. The van der Waals surface area contributed by atoms with Crippen LogP contribution in [0.5, 0.6) is 11.5 Å². The molecule has 5 N–H and O–H groups in total. The van der Waals surface area contributed by atoms with Crippen LogP contribution >= 0.6 is 7.82 Å². The Morgan fingerprint density at radius 2 is 1.33 bits per heavy atom. The molecule has 0 aliphatic carbocycles. The van der Waals surface area contributed by atoms with Crippen LogP contribution in [-0.2, 0) is 33.3 Å². The summed E-state index contributed by atoms with van der Waals surface area (Å²) >= 11 is 0. The van der Waals surface area contributed by atoms with Crippen molar-refractivity contribution in [1.29, 1.82) is 0 Å². The second kappa shape index (κ2) is 19.1. The summed E-state index contributed by atoms with van der Waals surface area (Å²) in [5.41, 5.74) is 3.47. The van der Waals surface area contributed by atoms with Gasteiger partial charge in [-0.15, -0.1) is 0 Å². The second-order valence-electron chi connectivity index (χ2n) is 9.98. The van der Waals surface area contributed by atoms with Gasteiger partial charge in [0, 0.05) is 19.5 Å². The highest BCUT2D eigenvalue weighted by Gasteiger charge is 2.18. The van der Waals surface area contributed by atoms with Crippen molar-refractivity contribution in [1.82, 2.24) is 11.1 Å². The Hall–Kier alpha value is -3.20. The van der Waals surface area contributed by atoms with Crippen LogP contribution < -0.4 is 15.6 Å². The summed E-state index contributed by atoms with van der Waals surface area (Å²) in [4.78, 5) is 32.5. The molecule has 230 valence electrons. The van der Waals surface area contributed by atoms with Gasteiger partial charge in [-0.1, -0.05) is 54.6 Å². The molecular formula is C32H45N2O7P. The van der Waals surface area contributed by atoms with E-state index in [9.17, 15) is 9.36 Å². The standard InChI is InChI=1S/C32H42NO7P.H3N/c1-38-30-19-17-29(18-20-30)26-33(23-25-40-41(35,36)37)32(34)14-8-7-13-28-15-21-31(22-16-28)39-24-9-3-6-12-27-10-4-2-5-11-27;/h2,4-5,10-11,15-22H,3,6-9,12-14,23-26H2,1H3,(H2,35,36,37);1H3. The predicted molar refractivity (Wildman–Crippen MR) is 165 cm³/mol. The lowest BCUT2D eigenvalue weighted by atomic mass is 10.1. The van der Waals surface area contributed by atoms with Crippen molar-refractivity contribution in [2.24, 2.45) is 0 Å². The van der Waals surface area contributed by atoms with Crippen molar-refractivity contribution < 1.29 is 33.1 Å². The number of aryl methyl sites for hydroxylation is 2. The third-order valence-corrected chi connectivity index (χ3v) is 7.28. The molecule has 0 fully saturated rings. The number of phosphoric ester groups is 1. The highest BCUT2D eigenvalue weighted by Crippen LogP contribution is 2.35. The third-order valence-electron chi connectivity index (χ3n) is 6.76. The summed E-state index contributed by atoms with van der Waals surface area (Å²) in [6.07, 6.45) is 7.19. The molecule has 0 aromatic heterocycles. The lowest BCUT2D eigenvalue weighted by Gasteiger charge is -2.23. The van der Waals surface area contributed by atoms with Crippen LogP contribution in [-0.4, -0.2) is 47.5 Å². The fraction of sp³-hybridized carbons (Fsp3) is 0.406. The van der Waals surface area contributed by atoms with E-state index in [1.807, 2.05) is 42.5 Å². The van der Waals surface area contributed by atoms with Gasteiger partial charge in [0.1, 0.15) is 11.5 Å². The van der Waals surface area contributed by atoms with Crippen LogP contribution in [0.3, 0.4) is 0 Å². The van der Waals surface area contributed by atoms with Crippen LogP contribution in [0.2, 0.25) is 0 Å². The number of methoxy groups -OCH3 is 1. The number of hydrogen-bond donors (Lipinski definition) is 3. The van der Waals surface area contributed by atoms with Crippen LogP contribution in [0.25, 0.3) is 0 Å². The Balaban J connectivity index is 0.00000616. The smallest absolute Gasteiger partial charge is 0.469 e. The Labute approximate surface area is 249 Å². The monoisotopic (exact) mass is 600 g/mol. The lowest BCUT2D eigenvalue weighted by Crippen LogP contribution is -2.33. The first-order chi connectivity index (χ1) is 19.8. The quantitative estimate of drug-likeness (QED) is 0.105. The highest BCUT2D eigenvalue weighted by molar-refractivity contribution is 7.46. The van der Waals surface area contributed by atoms with E-state index in [0.29, 0.717) is 31.7 Å². The summed E-state index contributed by atoms with van der Waals surface area (Å²) in [6.45, 7) is 0.878. The predicted octanol–water partition coefficient (Wildman–Crippen LogP) is 6.50. The molecule has 0 aliphatic heterocycles. The second-order valence-corrected chi connectivity index (χ2v) is 11.2. The molecule has 0 saturated heterocycles. The Morgan fingerprint density at radius 3 is 1.98 bits per heavy atom. The maximum atomic E-state index is 13.0. The maximum absolute atomic E-state index is 13.0. The van der Waals surface area contributed by atoms with E-state index in [-0.39, 0.29) is 25.2 Å². The van der Waals surface area contributed by atoms with Crippen LogP contribution in [0.15, 0.2) is 78.9 Å². The van der Waals surface area contributed by atoms with Gasteiger partial charge in [-0.05, 0) is 85.9 Å². The van der Waals surface area contributed by atoms with Crippen LogP contribution in [0, 0.1) is 0 Å². The molecule has 10 heteroatoms. The number of benzene rings is 3. The van der Waals surface area contributed by atoms with E-state index in [1.54, 1.807) is 12.0 Å². The summed E-state index contributed by atoms with van der Waals surface area (Å²) in [5, 5.41) is 0. The molecule has 42 heavy (non-hydrogen) atoms. The Bertz CT molecular complexity index is 1200. The number of carbonyl (C=O) groups excluding carboxylic acids is 1. The largest absolute Gasteiger partial charge is 0.497 e. The fourth-order valence-corrected chi connectivity index (χ4v) is 4.79. The number of amides is 1. The first kappa shape index (κ1) is 35.0. The van der Waals surface area contributed by atoms with Gasteiger partial charge >= 0.3 is 7.82 Å². The summed E-state index contributed by atoms with van der Waals surface area (Å²) in [7, 11) is -3.01. The van der Waals surface area contributed by atoms with Gasteiger partial charge < -0.3 is 30.3 Å². The molecule has 0 bridgehead atoms. The SMILES string of the molecule is COc1ccc(CN(CCOP(=O)(O)O)C(=O)CCCCc2ccc(OCCCCCc3ccccc3)cc2)cc1.N. The molecule has 1 amide bonds. The minimum Gasteiger partial charge on any atom is -0.497 e. The van der Waals surface area contributed by atoms with Crippen molar-refractivity contribution in [2.45, 2.75) is 57.9 Å². The van der Waals surface area contributed by atoms with Crippen molar-refractivity contribution in [3.63, 3.8) is 0 Å². The molecular weight excluding hydrogens is 555 g/mol. The number of ether oxygens (including phenoxy) is 2. The lowest BCUT2D eigenvalue weighted by molar-refractivity contribution is -0.132. The van der Waals surface area contributed by atoms with E-state index in [0.717, 1.165) is 49.8 Å². The number of phosphoric acid groups is 1. The Morgan fingerprint density at radius 1 is 0.738 bits per heavy atom. The number of nitrogens with zero attached hydrogens (tertiary/aromatic N) is 1. The van der Waals surface area contributed by atoms with E-state index < -0.39 is 7.82 Å². The first-order valence-electron chi connectivity index (χ1n) is 14.2. The van der Waals surface area contributed by atoms with Crippen LogP contribution in [0.1, 0.15) is 55.2 Å². The zero-order valence-corrected chi connectivity index (χ0v) is 25.4. The van der Waals surface area contributed by atoms with Gasteiger partial charge in [-0.3, -0.25) is 9.32 Å². The van der Waals surface area contributed by atoms with E-state index in [4.69, 9.17) is 19.3 Å². The van der Waals surface area contributed by atoms with Gasteiger partial charge in [-0.25, -0.2) is 4.57 Å². The van der Waals surface area contributed by atoms with Crippen molar-refractivity contribution in [3.05, 3.63) is 95.6 Å². The summed E-state index contributed by atoms with van der Waals surface area (Å²) in [5.74, 6) is 1.51. The maximum Gasteiger partial charge on any atom is 0.469 e. The van der Waals surface area contributed by atoms with E-state index in [2.05, 4.69) is 40.9 Å². The first-order valence-corrected chi connectivity index (χ1v) is 15.7. The van der Waals surface area contributed by atoms with Gasteiger partial charge in [-0.2, -0.15) is 0 Å². The minimum absolute atomic E-state index is 0. The van der Waals surface area contributed by atoms with Crippen molar-refractivity contribution >= 4 is 13.7 Å². The van der Waals surface area contributed by atoms with Gasteiger partial charge in [0.05, 0.1) is 20.3 Å².